The first-order chi connectivity index (χ1) is 36.0. The van der Waals surface area contributed by atoms with Gasteiger partial charge in [-0.1, -0.05) is 214 Å². The van der Waals surface area contributed by atoms with Gasteiger partial charge in [-0.2, -0.15) is 0 Å². The van der Waals surface area contributed by atoms with Gasteiger partial charge in [-0.25, -0.2) is 0 Å². The molecule has 0 fully saturated rings. The average molecular weight is 949 g/mol. The van der Waals surface area contributed by atoms with Gasteiger partial charge in [0.15, 0.2) is 0 Å². The van der Waals surface area contributed by atoms with Gasteiger partial charge in [0, 0.05) is 48.6 Å². The lowest BCUT2D eigenvalue weighted by atomic mass is 9.66. The van der Waals surface area contributed by atoms with Gasteiger partial charge in [0.1, 0.15) is 0 Å². The van der Waals surface area contributed by atoms with E-state index >= 15 is 0 Å². The number of benzene rings is 11. The number of hydrogen-bond acceptors (Lipinski definition) is 2. The highest BCUT2D eigenvalue weighted by molar-refractivity contribution is 7.99. The Morgan fingerprint density at radius 2 is 0.932 bits per heavy atom. The molecule has 0 bridgehead atoms. The van der Waals surface area contributed by atoms with Crippen LogP contribution < -0.4 is 4.90 Å². The fraction of sp³-hybridized carbons (Fsp3) is 0.0571. The third-order valence-corrected chi connectivity index (χ3v) is 17.4. The van der Waals surface area contributed by atoms with Gasteiger partial charge in [0.05, 0.1) is 22.1 Å². The summed E-state index contributed by atoms with van der Waals surface area (Å²) in [5, 5.41) is 2.49. The third kappa shape index (κ3) is 5.94. The van der Waals surface area contributed by atoms with Crippen molar-refractivity contribution in [3.8, 4) is 50.2 Å². The summed E-state index contributed by atoms with van der Waals surface area (Å²) in [5.41, 5.74) is 24.0. The topological polar surface area (TPSA) is 8.17 Å². The van der Waals surface area contributed by atoms with Crippen molar-refractivity contribution in [3.63, 3.8) is 0 Å². The van der Waals surface area contributed by atoms with Gasteiger partial charge in [-0.15, -0.1) is 0 Å². The molecule has 1 aromatic heterocycles. The number of hydrogen-bond donors (Lipinski definition) is 0. The van der Waals surface area contributed by atoms with E-state index in [2.05, 4.69) is 278 Å². The minimum Gasteiger partial charge on any atom is -0.310 e. The number of para-hydroxylation sites is 2. The van der Waals surface area contributed by atoms with E-state index in [0.717, 1.165) is 22.7 Å². The molecule has 0 N–H and O–H groups in total. The summed E-state index contributed by atoms with van der Waals surface area (Å²) in [6.07, 6.45) is 0. The quantitative estimate of drug-likeness (QED) is 0.164. The molecule has 0 saturated carbocycles. The van der Waals surface area contributed by atoms with Gasteiger partial charge in [-0.3, -0.25) is 0 Å². The molecule has 2 aliphatic carbocycles. The molecule has 15 rings (SSSR count). The number of fused-ring (bicyclic) bond motifs is 15. The van der Waals surface area contributed by atoms with Crippen molar-refractivity contribution < 1.29 is 0 Å². The first-order valence-electron chi connectivity index (χ1n) is 25.4. The molecule has 0 radical (unpaired) electrons. The Bertz CT molecular complexity index is 4160. The van der Waals surface area contributed by atoms with E-state index in [-0.39, 0.29) is 5.41 Å². The summed E-state index contributed by atoms with van der Waals surface area (Å²) >= 11 is 1.89. The minimum atomic E-state index is -0.671. The number of rotatable bonds is 6. The van der Waals surface area contributed by atoms with Crippen molar-refractivity contribution in [2.24, 2.45) is 0 Å². The lowest BCUT2D eigenvalue weighted by Gasteiger charge is -2.42. The second kappa shape index (κ2) is 15.9. The summed E-state index contributed by atoms with van der Waals surface area (Å²) in [6, 6.07) is 95.6. The zero-order valence-corrected chi connectivity index (χ0v) is 41.4. The first kappa shape index (κ1) is 42.1. The van der Waals surface area contributed by atoms with Gasteiger partial charge < -0.3 is 9.47 Å². The van der Waals surface area contributed by atoms with E-state index in [9.17, 15) is 0 Å². The highest BCUT2D eigenvalue weighted by atomic mass is 32.2. The number of nitrogens with zero attached hydrogens (tertiary/aromatic N) is 2. The third-order valence-electron chi connectivity index (χ3n) is 16.3. The number of aromatic nitrogens is 1. The molecule has 1 aliphatic heterocycles. The van der Waals surface area contributed by atoms with Gasteiger partial charge in [-0.05, 0) is 139 Å². The molecule has 0 amide bonds. The predicted octanol–water partition coefficient (Wildman–Crippen LogP) is 18.7. The van der Waals surface area contributed by atoms with Crippen molar-refractivity contribution in [2.45, 2.75) is 34.5 Å². The summed E-state index contributed by atoms with van der Waals surface area (Å²) < 4.78 is 2.44. The van der Waals surface area contributed by atoms with Crippen molar-refractivity contribution in [3.05, 3.63) is 288 Å². The minimum absolute atomic E-state index is 0.190. The zero-order chi connectivity index (χ0) is 48.4. The lowest BCUT2D eigenvalue weighted by molar-refractivity contribution is 0.660. The fourth-order valence-electron chi connectivity index (χ4n) is 13.2. The Hall–Kier alpha value is -8.63. The van der Waals surface area contributed by atoms with E-state index in [1.165, 1.54) is 109 Å². The SMILES string of the molecule is CC1(C)c2ccccc2-c2ccc(N(c3ccc(-c4ccccc4)cc3)c3ccc(-c4cccc5c4c4ccccc4n5-c4ccccc4)c4c3C3(c5ccccc5Sc5ccccc53)c3ccccc3-4)cc21. The molecule has 2 nitrogen and oxygen atoms in total. The molecular weight excluding hydrogens is 901 g/mol. The van der Waals surface area contributed by atoms with Gasteiger partial charge >= 0.3 is 0 Å². The van der Waals surface area contributed by atoms with Crippen molar-refractivity contribution in [1.82, 2.24) is 4.57 Å². The molecule has 73 heavy (non-hydrogen) atoms. The Balaban J connectivity index is 1.09. The van der Waals surface area contributed by atoms with Crippen LogP contribution in [0.25, 0.3) is 72.0 Å². The van der Waals surface area contributed by atoms with E-state index in [0.29, 0.717) is 0 Å². The first-order valence-corrected chi connectivity index (χ1v) is 26.2. The van der Waals surface area contributed by atoms with Gasteiger partial charge in [0.2, 0.25) is 0 Å². The lowest BCUT2D eigenvalue weighted by Crippen LogP contribution is -2.33. The van der Waals surface area contributed by atoms with Crippen LogP contribution in [0.4, 0.5) is 17.1 Å². The van der Waals surface area contributed by atoms with Crippen LogP contribution in [0.2, 0.25) is 0 Å². The van der Waals surface area contributed by atoms with Crippen LogP contribution in [0.15, 0.2) is 265 Å². The standard InChI is InChI=1S/C70H48N2S/c1-69(2)56-28-12-9-24-50(56)51-41-40-49(44-60(51)69)71(48-38-36-46(37-39-48)45-20-5-3-6-21-45)63-43-42-53(52-27-19-33-62-66(52)55-26-11-16-32-61(55)72(62)47-22-7-4-8-23-47)67-54-25-10-13-29-57(54)70(68(63)67)58-30-14-17-34-64(58)73-65-35-18-15-31-59(65)70/h3-44H,1-2H3. The van der Waals surface area contributed by atoms with Gasteiger partial charge in [0.25, 0.3) is 0 Å². The maximum absolute atomic E-state index is 2.58. The maximum Gasteiger partial charge on any atom is 0.0756 e. The van der Waals surface area contributed by atoms with Crippen LogP contribution in [-0.4, -0.2) is 4.57 Å². The van der Waals surface area contributed by atoms with E-state index in [4.69, 9.17) is 0 Å². The highest BCUT2D eigenvalue weighted by Gasteiger charge is 2.53. The zero-order valence-electron chi connectivity index (χ0n) is 40.6. The molecular formula is C70H48N2S. The van der Waals surface area contributed by atoms with Crippen LogP contribution in [0.1, 0.15) is 47.2 Å². The largest absolute Gasteiger partial charge is 0.310 e. The number of anilines is 3. The Kier molecular flexibility index (Phi) is 9.19. The van der Waals surface area contributed by atoms with Crippen molar-refractivity contribution >= 4 is 50.6 Å². The Labute approximate surface area is 430 Å². The van der Waals surface area contributed by atoms with Crippen LogP contribution in [0, 0.1) is 0 Å². The molecule has 3 heteroatoms. The maximum atomic E-state index is 2.58. The molecule has 3 aliphatic rings. The predicted molar refractivity (Wildman–Crippen MR) is 305 cm³/mol. The van der Waals surface area contributed by atoms with E-state index < -0.39 is 5.41 Å². The molecule has 0 atom stereocenters. The van der Waals surface area contributed by atoms with Crippen molar-refractivity contribution in [2.75, 3.05) is 4.90 Å². The normalized spacial score (nSPS) is 14.1. The van der Waals surface area contributed by atoms with Crippen LogP contribution in [-0.2, 0) is 10.8 Å². The Morgan fingerprint density at radius 3 is 1.68 bits per heavy atom. The second-order valence-electron chi connectivity index (χ2n) is 20.3. The fourth-order valence-corrected chi connectivity index (χ4v) is 14.4. The average Bonchev–Trinajstić information content (AvgIpc) is 4.04. The van der Waals surface area contributed by atoms with Crippen LogP contribution in [0.3, 0.4) is 0 Å². The summed E-state index contributed by atoms with van der Waals surface area (Å²) in [4.78, 5) is 5.15. The molecule has 11 aromatic carbocycles. The molecule has 0 unspecified atom stereocenters. The van der Waals surface area contributed by atoms with E-state index in [1.54, 1.807) is 0 Å². The highest BCUT2D eigenvalue weighted by Crippen LogP contribution is 2.67. The molecule has 0 saturated heterocycles. The second-order valence-corrected chi connectivity index (χ2v) is 21.4. The van der Waals surface area contributed by atoms with Crippen LogP contribution in [0.5, 0.6) is 0 Å². The molecule has 1 spiro atoms. The summed E-state index contributed by atoms with van der Waals surface area (Å²) in [5.74, 6) is 0. The van der Waals surface area contributed by atoms with E-state index in [1.807, 2.05) is 11.8 Å². The monoisotopic (exact) mass is 948 g/mol. The van der Waals surface area contributed by atoms with Crippen molar-refractivity contribution in [1.29, 1.82) is 0 Å². The Morgan fingerprint density at radius 1 is 0.384 bits per heavy atom. The molecule has 2 heterocycles. The smallest absolute Gasteiger partial charge is 0.0756 e. The van der Waals surface area contributed by atoms with Crippen LogP contribution >= 0.6 is 11.8 Å². The molecule has 344 valence electrons. The summed E-state index contributed by atoms with van der Waals surface area (Å²) in [6.45, 7) is 4.78. The summed E-state index contributed by atoms with van der Waals surface area (Å²) in [7, 11) is 0. The molecule has 12 aromatic rings.